The third-order valence-corrected chi connectivity index (χ3v) is 3.25. The summed E-state index contributed by atoms with van der Waals surface area (Å²) >= 11 is 0. The second-order valence-corrected chi connectivity index (χ2v) is 4.79. The standard InChI is InChI=1S/C16H18N2O3/c1-10-6-14(17)15(7-11(10)2)21-9-13-5-4-12(8-18-13)16(19)20-3/h4-8H,9,17H2,1-3H3. The highest BCUT2D eigenvalue weighted by Crippen LogP contribution is 2.26. The van der Waals surface area contributed by atoms with Crippen molar-refractivity contribution in [1.29, 1.82) is 0 Å². The van der Waals surface area contributed by atoms with E-state index in [1.54, 1.807) is 12.1 Å². The van der Waals surface area contributed by atoms with E-state index in [2.05, 4.69) is 9.72 Å². The molecule has 0 fully saturated rings. The molecule has 0 saturated heterocycles. The van der Waals surface area contributed by atoms with Crippen molar-refractivity contribution in [3.05, 3.63) is 52.8 Å². The molecule has 2 N–H and O–H groups in total. The average Bonchev–Trinajstić information content (AvgIpc) is 2.49. The smallest absolute Gasteiger partial charge is 0.339 e. The van der Waals surface area contributed by atoms with E-state index in [0.29, 0.717) is 22.7 Å². The van der Waals surface area contributed by atoms with Crippen molar-refractivity contribution in [1.82, 2.24) is 4.98 Å². The van der Waals surface area contributed by atoms with Crippen LogP contribution in [0.5, 0.6) is 5.75 Å². The lowest BCUT2D eigenvalue weighted by Gasteiger charge is -2.11. The molecule has 0 radical (unpaired) electrons. The maximum atomic E-state index is 11.3. The van der Waals surface area contributed by atoms with Crippen molar-refractivity contribution < 1.29 is 14.3 Å². The largest absolute Gasteiger partial charge is 0.485 e. The third-order valence-electron chi connectivity index (χ3n) is 3.25. The summed E-state index contributed by atoms with van der Waals surface area (Å²) in [6.45, 7) is 4.29. The summed E-state index contributed by atoms with van der Waals surface area (Å²) < 4.78 is 10.3. The number of anilines is 1. The fraction of sp³-hybridized carbons (Fsp3) is 0.250. The lowest BCUT2D eigenvalue weighted by molar-refractivity contribution is 0.0600. The zero-order valence-corrected chi connectivity index (χ0v) is 12.3. The molecule has 0 amide bonds. The Morgan fingerprint density at radius 3 is 2.57 bits per heavy atom. The Morgan fingerprint density at radius 2 is 1.95 bits per heavy atom. The highest BCUT2D eigenvalue weighted by molar-refractivity contribution is 5.88. The van der Waals surface area contributed by atoms with Crippen LogP contribution in [-0.4, -0.2) is 18.1 Å². The van der Waals surface area contributed by atoms with Crippen LogP contribution in [0.3, 0.4) is 0 Å². The summed E-state index contributed by atoms with van der Waals surface area (Å²) in [5.41, 5.74) is 9.89. The van der Waals surface area contributed by atoms with Crippen molar-refractivity contribution in [3.8, 4) is 5.75 Å². The number of pyridine rings is 1. The van der Waals surface area contributed by atoms with Crippen LogP contribution in [0.4, 0.5) is 5.69 Å². The first kappa shape index (κ1) is 14.8. The van der Waals surface area contributed by atoms with Crippen LogP contribution >= 0.6 is 0 Å². The lowest BCUT2D eigenvalue weighted by Crippen LogP contribution is -2.05. The molecular formula is C16H18N2O3. The Morgan fingerprint density at radius 1 is 1.24 bits per heavy atom. The normalized spacial score (nSPS) is 10.2. The van der Waals surface area contributed by atoms with Crippen LogP contribution in [-0.2, 0) is 11.3 Å². The number of carbonyl (C=O) groups is 1. The number of aromatic nitrogens is 1. The third kappa shape index (κ3) is 3.51. The van der Waals surface area contributed by atoms with Gasteiger partial charge in [-0.3, -0.25) is 4.98 Å². The number of nitrogens with two attached hydrogens (primary N) is 1. The van der Waals surface area contributed by atoms with Crippen LogP contribution in [0.1, 0.15) is 27.2 Å². The van der Waals surface area contributed by atoms with Crippen molar-refractivity contribution in [2.75, 3.05) is 12.8 Å². The van der Waals surface area contributed by atoms with Gasteiger partial charge in [-0.1, -0.05) is 0 Å². The number of benzene rings is 1. The van der Waals surface area contributed by atoms with Gasteiger partial charge in [0.25, 0.3) is 0 Å². The number of hydrogen-bond acceptors (Lipinski definition) is 5. The number of esters is 1. The average molecular weight is 286 g/mol. The maximum Gasteiger partial charge on any atom is 0.339 e. The molecule has 1 heterocycles. The monoisotopic (exact) mass is 286 g/mol. The number of aryl methyl sites for hydroxylation is 2. The predicted octanol–water partition coefficient (Wildman–Crippen LogP) is 2.65. The minimum atomic E-state index is -0.409. The molecule has 0 spiro atoms. The van der Waals surface area contributed by atoms with Crippen LogP contribution in [0.2, 0.25) is 0 Å². The van der Waals surface area contributed by atoms with Gasteiger partial charge in [-0.15, -0.1) is 0 Å². The van der Waals surface area contributed by atoms with E-state index in [1.807, 2.05) is 26.0 Å². The number of hydrogen-bond donors (Lipinski definition) is 1. The van der Waals surface area contributed by atoms with Crippen LogP contribution < -0.4 is 10.5 Å². The summed E-state index contributed by atoms with van der Waals surface area (Å²) in [4.78, 5) is 15.5. The lowest BCUT2D eigenvalue weighted by atomic mass is 10.1. The summed E-state index contributed by atoms with van der Waals surface area (Å²) in [7, 11) is 1.34. The molecule has 2 rings (SSSR count). The predicted molar refractivity (Wildman–Crippen MR) is 80.2 cm³/mol. The molecule has 0 unspecified atom stereocenters. The SMILES string of the molecule is COC(=O)c1ccc(COc2cc(C)c(C)cc2N)nc1. The number of rotatable bonds is 4. The molecule has 0 aliphatic carbocycles. The first-order chi connectivity index (χ1) is 10.0. The molecule has 0 saturated carbocycles. The van der Waals surface area contributed by atoms with Gasteiger partial charge in [0.05, 0.1) is 24.1 Å². The topological polar surface area (TPSA) is 74.4 Å². The fourth-order valence-electron chi connectivity index (χ4n) is 1.84. The number of ether oxygens (including phenoxy) is 2. The molecule has 1 aromatic carbocycles. The Bertz CT molecular complexity index is 651. The zero-order valence-electron chi connectivity index (χ0n) is 12.3. The summed E-state index contributed by atoms with van der Waals surface area (Å²) in [5.74, 6) is 0.227. The fourth-order valence-corrected chi connectivity index (χ4v) is 1.84. The second kappa shape index (κ2) is 6.26. The first-order valence-electron chi connectivity index (χ1n) is 6.54. The summed E-state index contributed by atoms with van der Waals surface area (Å²) in [6, 6.07) is 7.18. The quantitative estimate of drug-likeness (QED) is 0.691. The van der Waals surface area contributed by atoms with E-state index in [9.17, 15) is 4.79 Å². The Hall–Kier alpha value is -2.56. The molecule has 1 aromatic heterocycles. The molecule has 0 aliphatic rings. The van der Waals surface area contributed by atoms with Crippen LogP contribution in [0, 0.1) is 13.8 Å². The van der Waals surface area contributed by atoms with Gasteiger partial charge in [0.15, 0.2) is 0 Å². The van der Waals surface area contributed by atoms with Crippen LogP contribution in [0.15, 0.2) is 30.5 Å². The summed E-state index contributed by atoms with van der Waals surface area (Å²) in [6.07, 6.45) is 1.47. The van der Waals surface area contributed by atoms with Gasteiger partial charge in [0.2, 0.25) is 0 Å². The van der Waals surface area contributed by atoms with Gasteiger partial charge < -0.3 is 15.2 Å². The molecule has 0 atom stereocenters. The zero-order chi connectivity index (χ0) is 15.4. The summed E-state index contributed by atoms with van der Waals surface area (Å²) in [5, 5.41) is 0. The molecule has 5 nitrogen and oxygen atoms in total. The van der Waals surface area contributed by atoms with E-state index in [4.69, 9.17) is 10.5 Å². The van der Waals surface area contributed by atoms with E-state index < -0.39 is 5.97 Å². The molecule has 0 aliphatic heterocycles. The second-order valence-electron chi connectivity index (χ2n) is 4.79. The van der Waals surface area contributed by atoms with E-state index in [0.717, 1.165) is 11.1 Å². The minimum absolute atomic E-state index is 0.286. The van der Waals surface area contributed by atoms with Gasteiger partial charge in [-0.05, 0) is 49.2 Å². The van der Waals surface area contributed by atoms with Crippen molar-refractivity contribution >= 4 is 11.7 Å². The van der Waals surface area contributed by atoms with Crippen LogP contribution in [0.25, 0.3) is 0 Å². The minimum Gasteiger partial charge on any atom is -0.485 e. The van der Waals surface area contributed by atoms with Gasteiger partial charge in [0, 0.05) is 6.20 Å². The van der Waals surface area contributed by atoms with Gasteiger partial charge in [0.1, 0.15) is 12.4 Å². The first-order valence-corrected chi connectivity index (χ1v) is 6.54. The van der Waals surface area contributed by atoms with Gasteiger partial charge >= 0.3 is 5.97 Å². The Balaban J connectivity index is 2.06. The highest BCUT2D eigenvalue weighted by atomic mass is 16.5. The van der Waals surface area contributed by atoms with Gasteiger partial charge in [-0.25, -0.2) is 4.79 Å². The Kier molecular flexibility index (Phi) is 4.42. The molecule has 5 heteroatoms. The Labute approximate surface area is 123 Å². The number of carbonyl (C=O) groups excluding carboxylic acids is 1. The van der Waals surface area contributed by atoms with Crippen molar-refractivity contribution in [2.45, 2.75) is 20.5 Å². The number of methoxy groups -OCH3 is 1. The molecular weight excluding hydrogens is 268 g/mol. The van der Waals surface area contributed by atoms with E-state index >= 15 is 0 Å². The molecule has 110 valence electrons. The molecule has 0 bridgehead atoms. The number of nitrogen functional groups attached to an aromatic ring is 1. The van der Waals surface area contributed by atoms with Crippen molar-refractivity contribution in [3.63, 3.8) is 0 Å². The van der Waals surface area contributed by atoms with Gasteiger partial charge in [-0.2, -0.15) is 0 Å². The molecule has 2 aromatic rings. The highest BCUT2D eigenvalue weighted by Gasteiger charge is 2.07. The maximum absolute atomic E-state index is 11.3. The van der Waals surface area contributed by atoms with E-state index in [1.165, 1.54) is 13.3 Å². The van der Waals surface area contributed by atoms with E-state index in [-0.39, 0.29) is 6.61 Å². The number of nitrogens with zero attached hydrogens (tertiary/aromatic N) is 1. The van der Waals surface area contributed by atoms with Crippen molar-refractivity contribution in [2.24, 2.45) is 0 Å². The molecule has 21 heavy (non-hydrogen) atoms.